The van der Waals surface area contributed by atoms with E-state index >= 15 is 0 Å². The van der Waals surface area contributed by atoms with Gasteiger partial charge in [-0.2, -0.15) is 4.58 Å². The molecule has 1 aliphatic heterocycles. The fourth-order valence-corrected chi connectivity index (χ4v) is 3.15. The summed E-state index contributed by atoms with van der Waals surface area (Å²) < 4.78 is 8.29. The molecular weight excluding hydrogens is 246 g/mol. The highest BCUT2D eigenvalue weighted by molar-refractivity contribution is 6.05. The summed E-state index contributed by atoms with van der Waals surface area (Å²) in [6, 6.07) is 16.8. The molecule has 4 rings (SSSR count). The van der Waals surface area contributed by atoms with E-state index in [9.17, 15) is 0 Å². The lowest BCUT2D eigenvalue weighted by Crippen LogP contribution is -2.12. The van der Waals surface area contributed by atoms with Gasteiger partial charge in [0, 0.05) is 5.56 Å². The van der Waals surface area contributed by atoms with Crippen molar-refractivity contribution < 1.29 is 8.99 Å². The Kier molecular flexibility index (Phi) is 2.34. The molecule has 2 heteroatoms. The van der Waals surface area contributed by atoms with Gasteiger partial charge in [-0.25, -0.2) is 0 Å². The molecular formula is C18H16NO+. The zero-order chi connectivity index (χ0) is 13.7. The summed E-state index contributed by atoms with van der Waals surface area (Å²) in [6.45, 7) is 2.16. The van der Waals surface area contributed by atoms with E-state index in [0.717, 1.165) is 17.8 Å². The summed E-state index contributed by atoms with van der Waals surface area (Å²) in [4.78, 5) is 0. The van der Waals surface area contributed by atoms with E-state index in [1.807, 2.05) is 12.1 Å². The molecule has 2 aromatic carbocycles. The molecule has 98 valence electrons. The zero-order valence-corrected chi connectivity index (χ0v) is 11.7. The van der Waals surface area contributed by atoms with Crippen molar-refractivity contribution in [2.45, 2.75) is 13.3 Å². The summed E-state index contributed by atoms with van der Waals surface area (Å²) in [6.07, 6.45) is 0.866. The normalized spacial score (nSPS) is 14.1. The Labute approximate surface area is 118 Å². The van der Waals surface area contributed by atoms with E-state index in [2.05, 4.69) is 54.9 Å². The second-order valence-electron chi connectivity index (χ2n) is 5.37. The smallest absolute Gasteiger partial charge is 0.255 e. The molecule has 0 saturated heterocycles. The van der Waals surface area contributed by atoms with Gasteiger partial charge in [-0.05, 0) is 30.7 Å². The molecule has 2 heterocycles. The number of hydrogen-bond donors (Lipinski definition) is 0. The fourth-order valence-electron chi connectivity index (χ4n) is 3.15. The summed E-state index contributed by atoms with van der Waals surface area (Å²) in [5.74, 6) is 1.08. The highest BCUT2D eigenvalue weighted by atomic mass is 16.3. The van der Waals surface area contributed by atoms with Crippen molar-refractivity contribution in [3.63, 3.8) is 0 Å². The average molecular weight is 262 g/mol. The van der Waals surface area contributed by atoms with Gasteiger partial charge in [-0.3, -0.25) is 0 Å². The lowest BCUT2D eigenvalue weighted by Gasteiger charge is -2.02. The second-order valence-corrected chi connectivity index (χ2v) is 5.37. The van der Waals surface area contributed by atoms with E-state index < -0.39 is 0 Å². The molecule has 0 N–H and O–H groups in total. The number of para-hydroxylation sites is 1. The van der Waals surface area contributed by atoms with Crippen LogP contribution in [0.15, 0.2) is 52.9 Å². The van der Waals surface area contributed by atoms with Gasteiger partial charge < -0.3 is 4.42 Å². The molecule has 0 fully saturated rings. The molecule has 0 bridgehead atoms. The Morgan fingerprint density at radius 3 is 2.60 bits per heavy atom. The van der Waals surface area contributed by atoms with Crippen LogP contribution in [0, 0.1) is 6.92 Å². The van der Waals surface area contributed by atoms with Gasteiger partial charge in [0.2, 0.25) is 0 Å². The molecule has 2 nitrogen and oxygen atoms in total. The maximum Gasteiger partial charge on any atom is 0.255 e. The first-order valence-corrected chi connectivity index (χ1v) is 6.91. The van der Waals surface area contributed by atoms with Gasteiger partial charge in [0.15, 0.2) is 11.5 Å². The van der Waals surface area contributed by atoms with Crippen LogP contribution in [0.4, 0.5) is 5.69 Å². The Morgan fingerprint density at radius 1 is 1.00 bits per heavy atom. The van der Waals surface area contributed by atoms with Crippen LogP contribution in [-0.2, 0) is 6.42 Å². The topological polar surface area (TPSA) is 16.1 Å². The predicted molar refractivity (Wildman–Crippen MR) is 81.1 cm³/mol. The molecule has 20 heavy (non-hydrogen) atoms. The van der Waals surface area contributed by atoms with Crippen LogP contribution in [0.25, 0.3) is 11.0 Å². The van der Waals surface area contributed by atoms with Crippen molar-refractivity contribution in [3.05, 3.63) is 65.4 Å². The summed E-state index contributed by atoms with van der Waals surface area (Å²) in [5, 5.41) is 1.20. The van der Waals surface area contributed by atoms with Crippen LogP contribution in [0.1, 0.15) is 16.9 Å². The van der Waals surface area contributed by atoms with E-state index in [0.29, 0.717) is 0 Å². The molecule has 1 aliphatic rings. The van der Waals surface area contributed by atoms with Gasteiger partial charge >= 0.3 is 0 Å². The number of furan rings is 1. The number of fused-ring (bicyclic) bond motifs is 3. The number of benzene rings is 2. The van der Waals surface area contributed by atoms with E-state index in [-0.39, 0.29) is 0 Å². The summed E-state index contributed by atoms with van der Waals surface area (Å²) in [5.41, 5.74) is 6.14. The lowest BCUT2D eigenvalue weighted by atomic mass is 10.0. The first kappa shape index (κ1) is 11.5. The van der Waals surface area contributed by atoms with E-state index in [1.165, 1.54) is 27.9 Å². The van der Waals surface area contributed by atoms with Crippen molar-refractivity contribution in [2.24, 2.45) is 0 Å². The third-order valence-electron chi connectivity index (χ3n) is 4.16. The molecule has 3 aromatic rings. The van der Waals surface area contributed by atoms with Crippen molar-refractivity contribution in [1.82, 2.24) is 0 Å². The third-order valence-corrected chi connectivity index (χ3v) is 4.16. The molecule has 0 amide bonds. The largest absolute Gasteiger partial charge is 0.453 e. The molecule has 0 spiro atoms. The highest BCUT2D eigenvalue weighted by Gasteiger charge is 2.34. The van der Waals surface area contributed by atoms with Crippen molar-refractivity contribution in [2.75, 3.05) is 7.05 Å². The second kappa shape index (κ2) is 4.07. The minimum atomic E-state index is 0.866. The van der Waals surface area contributed by atoms with Crippen LogP contribution in [0.2, 0.25) is 0 Å². The number of nitrogens with zero attached hydrogens (tertiary/aromatic N) is 1. The van der Waals surface area contributed by atoms with Gasteiger partial charge in [0.1, 0.15) is 12.6 Å². The summed E-state index contributed by atoms with van der Waals surface area (Å²) in [7, 11) is 2.13. The Morgan fingerprint density at radius 2 is 1.75 bits per heavy atom. The molecule has 0 aliphatic carbocycles. The van der Waals surface area contributed by atoms with Crippen LogP contribution in [0.3, 0.4) is 0 Å². The third kappa shape index (κ3) is 1.48. The van der Waals surface area contributed by atoms with Crippen molar-refractivity contribution >= 4 is 22.4 Å². The Bertz CT molecular complexity index is 855. The first-order valence-electron chi connectivity index (χ1n) is 6.91. The standard InChI is InChI=1S/C18H16NO/c1-12-7-3-4-8-13(12)15-11-17-18(19(15)2)14-9-5-6-10-16(14)20-17/h3-10H,11H2,1-2H3/q+1. The molecule has 0 unspecified atom stereocenters. The van der Waals surface area contributed by atoms with Gasteiger partial charge in [-0.15, -0.1) is 0 Å². The Hall–Kier alpha value is -2.35. The van der Waals surface area contributed by atoms with Crippen LogP contribution < -0.4 is 0 Å². The van der Waals surface area contributed by atoms with Gasteiger partial charge in [0.25, 0.3) is 5.69 Å². The van der Waals surface area contributed by atoms with E-state index in [4.69, 9.17) is 4.42 Å². The quantitative estimate of drug-likeness (QED) is 0.604. The maximum absolute atomic E-state index is 6.01. The summed E-state index contributed by atoms with van der Waals surface area (Å²) >= 11 is 0. The molecule has 0 atom stereocenters. The maximum atomic E-state index is 6.01. The highest BCUT2D eigenvalue weighted by Crippen LogP contribution is 2.37. The van der Waals surface area contributed by atoms with Gasteiger partial charge in [-0.1, -0.05) is 30.3 Å². The van der Waals surface area contributed by atoms with Crippen LogP contribution >= 0.6 is 0 Å². The van der Waals surface area contributed by atoms with Crippen LogP contribution in [-0.4, -0.2) is 17.3 Å². The zero-order valence-electron chi connectivity index (χ0n) is 11.7. The number of hydrogen-bond acceptors (Lipinski definition) is 1. The predicted octanol–water partition coefficient (Wildman–Crippen LogP) is 4.06. The minimum absolute atomic E-state index is 0.866. The average Bonchev–Trinajstić information content (AvgIpc) is 2.97. The molecule has 0 radical (unpaired) electrons. The van der Waals surface area contributed by atoms with Crippen molar-refractivity contribution in [3.8, 4) is 0 Å². The molecule has 0 saturated carbocycles. The Balaban J connectivity index is 1.96. The lowest BCUT2D eigenvalue weighted by molar-refractivity contribution is -0.399. The van der Waals surface area contributed by atoms with E-state index in [1.54, 1.807) is 0 Å². The van der Waals surface area contributed by atoms with Crippen molar-refractivity contribution in [1.29, 1.82) is 0 Å². The molecule has 1 aromatic heterocycles. The van der Waals surface area contributed by atoms with Gasteiger partial charge in [0.05, 0.1) is 11.8 Å². The number of aryl methyl sites for hydroxylation is 1. The number of rotatable bonds is 1. The monoisotopic (exact) mass is 262 g/mol. The minimum Gasteiger partial charge on any atom is -0.453 e. The first-order chi connectivity index (χ1) is 9.75. The fraction of sp³-hybridized carbons (Fsp3) is 0.167. The van der Waals surface area contributed by atoms with Crippen LogP contribution in [0.5, 0.6) is 0 Å². The SMILES string of the molecule is Cc1ccccc1C1=[N+](C)c2c(oc3ccccc23)C1.